The molecule has 0 aromatic heterocycles. The SMILES string of the molecule is O=C(c1ccccc1)N1CCC(N2CCC3(CC2)OCCCC3O)CC1. The Balaban J connectivity index is 1.29. The molecule has 3 saturated heterocycles. The number of hydrogen-bond acceptors (Lipinski definition) is 4. The van der Waals surface area contributed by atoms with Crippen LogP contribution in [0.4, 0.5) is 0 Å². The topological polar surface area (TPSA) is 53.0 Å². The first kappa shape index (κ1) is 18.0. The molecule has 1 spiro atoms. The summed E-state index contributed by atoms with van der Waals surface area (Å²) in [5.74, 6) is 0.153. The highest BCUT2D eigenvalue weighted by molar-refractivity contribution is 5.94. The summed E-state index contributed by atoms with van der Waals surface area (Å²) in [5, 5.41) is 10.4. The molecule has 5 nitrogen and oxygen atoms in total. The first-order valence-electron chi connectivity index (χ1n) is 10.1. The lowest BCUT2D eigenvalue weighted by Crippen LogP contribution is -2.57. The average molecular weight is 358 g/mol. The summed E-state index contributed by atoms with van der Waals surface area (Å²) in [6.45, 7) is 4.44. The molecule has 5 heteroatoms. The predicted octanol–water partition coefficient (Wildman–Crippen LogP) is 2.30. The van der Waals surface area contributed by atoms with E-state index in [0.717, 1.165) is 76.9 Å². The maximum absolute atomic E-state index is 12.6. The van der Waals surface area contributed by atoms with Gasteiger partial charge in [-0.05, 0) is 50.7 Å². The molecular formula is C21H30N2O3. The van der Waals surface area contributed by atoms with Crippen LogP contribution in [0.3, 0.4) is 0 Å². The monoisotopic (exact) mass is 358 g/mol. The van der Waals surface area contributed by atoms with Gasteiger partial charge in [-0.1, -0.05) is 18.2 Å². The molecule has 3 fully saturated rings. The van der Waals surface area contributed by atoms with Gasteiger partial charge < -0.3 is 19.6 Å². The molecule has 3 aliphatic heterocycles. The minimum absolute atomic E-state index is 0.153. The molecule has 0 saturated carbocycles. The summed E-state index contributed by atoms with van der Waals surface area (Å²) in [7, 11) is 0. The van der Waals surface area contributed by atoms with Crippen molar-refractivity contribution in [2.45, 2.75) is 56.3 Å². The smallest absolute Gasteiger partial charge is 0.253 e. The third kappa shape index (κ3) is 3.53. The zero-order valence-corrected chi connectivity index (χ0v) is 15.5. The van der Waals surface area contributed by atoms with Crippen LogP contribution in [0.25, 0.3) is 0 Å². The fourth-order valence-corrected chi connectivity index (χ4v) is 4.85. The quantitative estimate of drug-likeness (QED) is 0.881. The molecule has 142 valence electrons. The second-order valence-corrected chi connectivity index (χ2v) is 8.00. The maximum atomic E-state index is 12.6. The summed E-state index contributed by atoms with van der Waals surface area (Å²) in [5.41, 5.74) is 0.493. The molecule has 1 unspecified atom stereocenters. The largest absolute Gasteiger partial charge is 0.390 e. The predicted molar refractivity (Wildman–Crippen MR) is 100 cm³/mol. The Morgan fingerprint density at radius 1 is 1.04 bits per heavy atom. The van der Waals surface area contributed by atoms with Crippen molar-refractivity contribution in [3.05, 3.63) is 35.9 Å². The third-order valence-electron chi connectivity index (χ3n) is 6.55. The van der Waals surface area contributed by atoms with Crippen LogP contribution in [0.2, 0.25) is 0 Å². The Labute approximate surface area is 155 Å². The van der Waals surface area contributed by atoms with E-state index in [2.05, 4.69) is 4.90 Å². The van der Waals surface area contributed by atoms with Crippen molar-refractivity contribution in [3.8, 4) is 0 Å². The van der Waals surface area contributed by atoms with Crippen LogP contribution >= 0.6 is 0 Å². The van der Waals surface area contributed by atoms with Gasteiger partial charge in [0.15, 0.2) is 0 Å². The zero-order chi connectivity index (χ0) is 18.0. The number of benzene rings is 1. The number of amides is 1. The highest BCUT2D eigenvalue weighted by Gasteiger charge is 2.44. The molecule has 3 aliphatic rings. The summed E-state index contributed by atoms with van der Waals surface area (Å²) in [4.78, 5) is 17.1. The number of likely N-dealkylation sites (tertiary alicyclic amines) is 2. The van der Waals surface area contributed by atoms with Gasteiger partial charge in [0.05, 0.1) is 11.7 Å². The van der Waals surface area contributed by atoms with Gasteiger partial charge in [-0.25, -0.2) is 0 Å². The fraction of sp³-hybridized carbons (Fsp3) is 0.667. The van der Waals surface area contributed by atoms with Crippen LogP contribution in [0.15, 0.2) is 30.3 Å². The molecule has 3 heterocycles. The second kappa shape index (κ2) is 7.67. The molecule has 1 aromatic rings. The number of ether oxygens (including phenoxy) is 1. The van der Waals surface area contributed by atoms with Gasteiger partial charge in [0.25, 0.3) is 5.91 Å². The van der Waals surface area contributed by atoms with Crippen LogP contribution in [-0.2, 0) is 4.74 Å². The van der Waals surface area contributed by atoms with Gasteiger partial charge >= 0.3 is 0 Å². The normalized spacial score (nSPS) is 27.6. The van der Waals surface area contributed by atoms with E-state index in [0.29, 0.717) is 6.04 Å². The van der Waals surface area contributed by atoms with Crippen molar-refractivity contribution < 1.29 is 14.6 Å². The molecule has 0 aliphatic carbocycles. The summed E-state index contributed by atoms with van der Waals surface area (Å²) < 4.78 is 6.02. The van der Waals surface area contributed by atoms with Gasteiger partial charge in [-0.15, -0.1) is 0 Å². The molecule has 0 radical (unpaired) electrons. The van der Waals surface area contributed by atoms with Crippen molar-refractivity contribution in [1.82, 2.24) is 9.80 Å². The number of aliphatic hydroxyl groups is 1. The number of hydrogen-bond donors (Lipinski definition) is 1. The number of carbonyl (C=O) groups is 1. The van der Waals surface area contributed by atoms with Gasteiger partial charge in [-0.3, -0.25) is 4.79 Å². The molecular weight excluding hydrogens is 328 g/mol. The molecule has 1 N–H and O–H groups in total. The van der Waals surface area contributed by atoms with E-state index in [1.807, 2.05) is 35.2 Å². The minimum Gasteiger partial charge on any atom is -0.390 e. The minimum atomic E-state index is -0.302. The van der Waals surface area contributed by atoms with Crippen LogP contribution in [0.5, 0.6) is 0 Å². The number of aliphatic hydroxyl groups excluding tert-OH is 1. The van der Waals surface area contributed by atoms with E-state index in [4.69, 9.17) is 4.74 Å². The molecule has 26 heavy (non-hydrogen) atoms. The van der Waals surface area contributed by atoms with E-state index in [1.54, 1.807) is 0 Å². The first-order valence-corrected chi connectivity index (χ1v) is 10.1. The van der Waals surface area contributed by atoms with E-state index in [1.165, 1.54) is 0 Å². The van der Waals surface area contributed by atoms with E-state index < -0.39 is 0 Å². The molecule has 1 atom stereocenters. The lowest BCUT2D eigenvalue weighted by atomic mass is 9.81. The highest BCUT2D eigenvalue weighted by Crippen LogP contribution is 2.36. The lowest BCUT2D eigenvalue weighted by molar-refractivity contribution is -0.179. The number of nitrogens with zero attached hydrogens (tertiary/aromatic N) is 2. The van der Waals surface area contributed by atoms with Crippen molar-refractivity contribution in [3.63, 3.8) is 0 Å². The zero-order valence-electron chi connectivity index (χ0n) is 15.5. The Morgan fingerprint density at radius 2 is 1.73 bits per heavy atom. The van der Waals surface area contributed by atoms with Crippen molar-refractivity contribution in [2.24, 2.45) is 0 Å². The van der Waals surface area contributed by atoms with E-state index >= 15 is 0 Å². The molecule has 1 amide bonds. The van der Waals surface area contributed by atoms with Crippen LogP contribution in [-0.4, -0.2) is 71.3 Å². The number of rotatable bonds is 2. The third-order valence-corrected chi connectivity index (χ3v) is 6.55. The number of carbonyl (C=O) groups excluding carboxylic acids is 1. The van der Waals surface area contributed by atoms with Crippen molar-refractivity contribution >= 4 is 5.91 Å². The standard InChI is InChI=1S/C21H30N2O3/c24-19-7-4-16-26-21(19)10-14-22(15-11-21)18-8-12-23(13-9-18)20(25)17-5-2-1-3-6-17/h1-3,5-6,18-19,24H,4,7-16H2. The molecule has 4 rings (SSSR count). The number of piperidine rings is 2. The lowest BCUT2D eigenvalue weighted by Gasteiger charge is -2.49. The van der Waals surface area contributed by atoms with Crippen molar-refractivity contribution in [2.75, 3.05) is 32.8 Å². The van der Waals surface area contributed by atoms with Gasteiger partial charge in [0, 0.05) is 44.4 Å². The van der Waals surface area contributed by atoms with Crippen LogP contribution in [0.1, 0.15) is 48.9 Å². The Bertz CT molecular complexity index is 605. The maximum Gasteiger partial charge on any atom is 0.253 e. The Morgan fingerprint density at radius 3 is 2.38 bits per heavy atom. The second-order valence-electron chi connectivity index (χ2n) is 8.00. The average Bonchev–Trinajstić information content (AvgIpc) is 2.71. The highest BCUT2D eigenvalue weighted by atomic mass is 16.5. The van der Waals surface area contributed by atoms with Crippen LogP contribution < -0.4 is 0 Å². The molecule has 0 bridgehead atoms. The van der Waals surface area contributed by atoms with Gasteiger partial charge in [0.2, 0.25) is 0 Å². The fourth-order valence-electron chi connectivity index (χ4n) is 4.85. The van der Waals surface area contributed by atoms with Crippen molar-refractivity contribution in [1.29, 1.82) is 0 Å². The Kier molecular flexibility index (Phi) is 5.30. The Hall–Kier alpha value is -1.43. The van der Waals surface area contributed by atoms with Gasteiger partial charge in [0.1, 0.15) is 0 Å². The summed E-state index contributed by atoms with van der Waals surface area (Å²) in [6.07, 6.45) is 5.47. The summed E-state index contributed by atoms with van der Waals surface area (Å²) in [6, 6.07) is 10.1. The van der Waals surface area contributed by atoms with E-state index in [-0.39, 0.29) is 17.6 Å². The first-order chi connectivity index (χ1) is 12.7. The van der Waals surface area contributed by atoms with Crippen LogP contribution in [0, 0.1) is 0 Å². The van der Waals surface area contributed by atoms with E-state index in [9.17, 15) is 9.90 Å². The summed E-state index contributed by atoms with van der Waals surface area (Å²) >= 11 is 0. The molecule has 1 aromatic carbocycles. The van der Waals surface area contributed by atoms with Gasteiger partial charge in [-0.2, -0.15) is 0 Å².